The number of rotatable bonds is 4. The van der Waals surface area contributed by atoms with Gasteiger partial charge >= 0.3 is 0 Å². The van der Waals surface area contributed by atoms with Crippen LogP contribution in [0.2, 0.25) is 5.15 Å². The van der Waals surface area contributed by atoms with Crippen LogP contribution in [0.15, 0.2) is 52.4 Å². The van der Waals surface area contributed by atoms with Gasteiger partial charge in [0.15, 0.2) is 10.9 Å². The number of ketones is 1. The van der Waals surface area contributed by atoms with Crippen molar-refractivity contribution in [1.82, 2.24) is 9.88 Å². The second-order valence-corrected chi connectivity index (χ2v) is 9.68. The number of nitrogens with zero attached hydrogens (tertiary/aromatic N) is 4. The van der Waals surface area contributed by atoms with Crippen molar-refractivity contribution >= 4 is 34.4 Å². The lowest BCUT2D eigenvalue weighted by atomic mass is 9.78. The van der Waals surface area contributed by atoms with Crippen molar-refractivity contribution in [2.75, 3.05) is 31.2 Å². The highest BCUT2D eigenvalue weighted by Gasteiger charge is 2.41. The van der Waals surface area contributed by atoms with E-state index in [4.69, 9.17) is 22.1 Å². The maximum Gasteiger partial charge on any atom is 0.161 e. The van der Waals surface area contributed by atoms with Gasteiger partial charge in [-0.05, 0) is 42.0 Å². The van der Waals surface area contributed by atoms with E-state index in [-0.39, 0.29) is 10.9 Å². The van der Waals surface area contributed by atoms with E-state index < -0.39 is 5.92 Å². The number of hydrogen-bond donors (Lipinski definition) is 1. The summed E-state index contributed by atoms with van der Waals surface area (Å²) in [6.45, 7) is 4.12. The number of allylic oxidation sites excluding steroid dienone is 3. The Hall–Kier alpha value is -2.70. The highest BCUT2D eigenvalue weighted by molar-refractivity contribution is 7.10. The number of Topliss-reactive ketones (excluding diaryl/α,β-unsaturated/α-hetero) is 1. The molecule has 9 heteroatoms. The number of halogens is 1. The molecule has 0 aromatic carbocycles. The number of hydrogen-bond acceptors (Lipinski definition) is 8. The minimum absolute atomic E-state index is 0.0645. The second kappa shape index (κ2) is 9.27. The minimum atomic E-state index is -0.451. The molecule has 1 atom stereocenters. The van der Waals surface area contributed by atoms with Crippen molar-refractivity contribution in [3.05, 3.63) is 68.0 Å². The molecule has 1 unspecified atom stereocenters. The molecule has 0 radical (unpaired) electrons. The first-order valence-electron chi connectivity index (χ1n) is 11.0. The molecule has 7 nitrogen and oxygen atoms in total. The van der Waals surface area contributed by atoms with Crippen LogP contribution in [0, 0.1) is 11.3 Å². The van der Waals surface area contributed by atoms with Crippen molar-refractivity contribution in [1.29, 1.82) is 5.26 Å². The summed E-state index contributed by atoms with van der Waals surface area (Å²) in [7, 11) is 0. The summed E-state index contributed by atoms with van der Waals surface area (Å²) >= 11 is 7.98. The van der Waals surface area contributed by atoms with Gasteiger partial charge in [0, 0.05) is 48.4 Å². The zero-order valence-electron chi connectivity index (χ0n) is 18.1. The van der Waals surface area contributed by atoms with Gasteiger partial charge in [-0.1, -0.05) is 11.6 Å². The molecule has 1 fully saturated rings. The van der Waals surface area contributed by atoms with Gasteiger partial charge in [-0.25, -0.2) is 4.98 Å². The molecular weight excluding hydrogens is 458 g/mol. The molecule has 1 aliphatic carbocycles. The predicted octanol–water partition coefficient (Wildman–Crippen LogP) is 3.93. The van der Waals surface area contributed by atoms with Crippen LogP contribution in [0.1, 0.15) is 35.6 Å². The van der Waals surface area contributed by atoms with E-state index in [0.29, 0.717) is 35.5 Å². The van der Waals surface area contributed by atoms with E-state index in [2.05, 4.69) is 27.4 Å². The fourth-order valence-corrected chi connectivity index (χ4v) is 6.06. The van der Waals surface area contributed by atoms with Crippen molar-refractivity contribution in [3.8, 4) is 6.07 Å². The number of aromatic nitrogens is 1. The first-order chi connectivity index (χ1) is 16.1. The number of carbonyl (C=O) groups is 1. The molecule has 2 N–H and O–H groups in total. The van der Waals surface area contributed by atoms with E-state index in [1.807, 2.05) is 6.07 Å². The Labute approximate surface area is 201 Å². The van der Waals surface area contributed by atoms with Gasteiger partial charge in [0.1, 0.15) is 5.82 Å². The van der Waals surface area contributed by atoms with Crippen LogP contribution >= 0.6 is 22.9 Å². The van der Waals surface area contributed by atoms with Crippen LogP contribution in [0.25, 0.3) is 0 Å². The normalized spacial score (nSPS) is 21.9. The maximum atomic E-state index is 13.2. The number of ether oxygens (including phenoxy) is 1. The monoisotopic (exact) mass is 481 g/mol. The second-order valence-electron chi connectivity index (χ2n) is 8.38. The van der Waals surface area contributed by atoms with E-state index in [0.717, 1.165) is 49.8 Å². The average Bonchev–Trinajstić information content (AvgIpc) is 3.28. The molecule has 0 spiro atoms. The third kappa shape index (κ3) is 4.06. The molecule has 5 rings (SSSR count). The van der Waals surface area contributed by atoms with E-state index >= 15 is 0 Å². The van der Waals surface area contributed by atoms with Crippen LogP contribution in [0.4, 0.5) is 5.69 Å². The Morgan fingerprint density at radius 1 is 1.33 bits per heavy atom. The standard InChI is InChI=1S/C24H24ClN5O2S/c25-23-18(4-2-6-28-23)30-17-3-1-5-19(31)22(17)21(16(12-26)24(30)27)20-11-15(14-33-20)13-29-7-9-32-10-8-29/h2,4,6,11,14,21H,1,3,5,7-10,13,27H2. The van der Waals surface area contributed by atoms with Crippen LogP contribution in [0.3, 0.4) is 0 Å². The number of carbonyl (C=O) groups excluding carboxylic acids is 1. The van der Waals surface area contributed by atoms with Crippen LogP contribution in [0.5, 0.6) is 0 Å². The molecular formula is C24H24ClN5O2S. The zero-order chi connectivity index (χ0) is 22.9. The predicted molar refractivity (Wildman–Crippen MR) is 128 cm³/mol. The number of nitrogens with two attached hydrogens (primary N) is 1. The molecule has 2 aliphatic heterocycles. The molecule has 3 aliphatic rings. The molecule has 33 heavy (non-hydrogen) atoms. The van der Waals surface area contributed by atoms with Gasteiger partial charge in [-0.2, -0.15) is 5.26 Å². The summed E-state index contributed by atoms with van der Waals surface area (Å²) in [5.41, 5.74) is 10.2. The molecule has 0 bridgehead atoms. The first kappa shape index (κ1) is 22.1. The highest BCUT2D eigenvalue weighted by atomic mass is 35.5. The topological polar surface area (TPSA) is 95.5 Å². The number of nitriles is 1. The van der Waals surface area contributed by atoms with Gasteiger partial charge in [0.2, 0.25) is 0 Å². The minimum Gasteiger partial charge on any atom is -0.384 e. The number of pyridine rings is 1. The van der Waals surface area contributed by atoms with Crippen molar-refractivity contribution < 1.29 is 9.53 Å². The Balaban J connectivity index is 1.58. The fourth-order valence-electron chi connectivity index (χ4n) is 4.84. The van der Waals surface area contributed by atoms with Gasteiger partial charge in [-0.3, -0.25) is 14.6 Å². The Kier molecular flexibility index (Phi) is 6.21. The average molecular weight is 482 g/mol. The maximum absolute atomic E-state index is 13.2. The summed E-state index contributed by atoms with van der Waals surface area (Å²) < 4.78 is 5.45. The SMILES string of the molecule is N#CC1=C(N)N(c2cccnc2Cl)C2=C(C(=O)CCC2)C1c1cc(CN2CCOCC2)cs1. The third-order valence-electron chi connectivity index (χ3n) is 6.36. The Morgan fingerprint density at radius 3 is 2.91 bits per heavy atom. The van der Waals surface area contributed by atoms with Gasteiger partial charge < -0.3 is 10.5 Å². The summed E-state index contributed by atoms with van der Waals surface area (Å²) in [6.07, 6.45) is 3.50. The molecule has 2 aromatic rings. The molecule has 0 saturated carbocycles. The molecule has 0 amide bonds. The van der Waals surface area contributed by atoms with E-state index in [1.54, 1.807) is 28.5 Å². The number of anilines is 1. The van der Waals surface area contributed by atoms with Crippen molar-refractivity contribution in [3.63, 3.8) is 0 Å². The van der Waals surface area contributed by atoms with Gasteiger partial charge in [-0.15, -0.1) is 11.3 Å². The number of thiophene rings is 1. The van der Waals surface area contributed by atoms with Gasteiger partial charge in [0.05, 0.1) is 36.5 Å². The van der Waals surface area contributed by atoms with E-state index in [1.165, 1.54) is 5.56 Å². The summed E-state index contributed by atoms with van der Waals surface area (Å²) in [5, 5.41) is 12.6. The van der Waals surface area contributed by atoms with Gasteiger partial charge in [0.25, 0.3) is 0 Å². The van der Waals surface area contributed by atoms with Crippen LogP contribution in [-0.2, 0) is 16.1 Å². The van der Waals surface area contributed by atoms with E-state index in [9.17, 15) is 10.1 Å². The third-order valence-corrected chi connectivity index (χ3v) is 7.70. The lowest BCUT2D eigenvalue weighted by Crippen LogP contribution is -2.38. The Morgan fingerprint density at radius 2 is 2.15 bits per heavy atom. The summed E-state index contributed by atoms with van der Waals surface area (Å²) in [5.74, 6) is -0.0726. The molecule has 4 heterocycles. The van der Waals surface area contributed by atoms with Crippen LogP contribution in [-0.4, -0.2) is 42.0 Å². The summed E-state index contributed by atoms with van der Waals surface area (Å²) in [6, 6.07) is 8.01. The summed E-state index contributed by atoms with van der Waals surface area (Å²) in [4.78, 5) is 22.5. The lowest BCUT2D eigenvalue weighted by molar-refractivity contribution is -0.116. The lowest BCUT2D eigenvalue weighted by Gasteiger charge is -2.39. The highest BCUT2D eigenvalue weighted by Crippen LogP contribution is 2.48. The van der Waals surface area contributed by atoms with Crippen molar-refractivity contribution in [2.45, 2.75) is 31.7 Å². The Bertz CT molecular complexity index is 1190. The van der Waals surface area contributed by atoms with Crippen LogP contribution < -0.4 is 10.6 Å². The number of morpholine rings is 1. The molecule has 1 saturated heterocycles. The molecule has 170 valence electrons. The quantitative estimate of drug-likeness (QED) is 0.661. The van der Waals surface area contributed by atoms with Crippen molar-refractivity contribution in [2.24, 2.45) is 5.73 Å². The fraction of sp³-hybridized carbons (Fsp3) is 0.375. The first-order valence-corrected chi connectivity index (χ1v) is 12.3. The smallest absolute Gasteiger partial charge is 0.161 e. The largest absolute Gasteiger partial charge is 0.384 e. The molecule has 2 aromatic heterocycles. The zero-order valence-corrected chi connectivity index (χ0v) is 19.7.